The molecule has 4 aromatic rings. The SMILES string of the molecule is Cc1cc(C)cc(C(=O)Nc2ccccc2-c2csc(-c3ccccc3F)n2)c1. The van der Waals surface area contributed by atoms with Gasteiger partial charge in [0, 0.05) is 22.1 Å². The zero-order valence-corrected chi connectivity index (χ0v) is 16.9. The molecular formula is C24H19FN2OS. The fraction of sp³-hybridized carbons (Fsp3) is 0.0833. The first-order chi connectivity index (χ1) is 14.0. The van der Waals surface area contributed by atoms with E-state index in [1.165, 1.54) is 17.4 Å². The number of nitrogens with one attached hydrogen (secondary N) is 1. The lowest BCUT2D eigenvalue weighted by Gasteiger charge is -2.10. The molecule has 0 saturated carbocycles. The zero-order valence-electron chi connectivity index (χ0n) is 16.1. The van der Waals surface area contributed by atoms with Crippen molar-refractivity contribution in [3.63, 3.8) is 0 Å². The molecular weight excluding hydrogens is 383 g/mol. The van der Waals surface area contributed by atoms with Crippen molar-refractivity contribution >= 4 is 22.9 Å². The number of carbonyl (C=O) groups excluding carboxylic acids is 1. The monoisotopic (exact) mass is 402 g/mol. The van der Waals surface area contributed by atoms with Gasteiger partial charge in [0.15, 0.2) is 0 Å². The molecule has 3 nitrogen and oxygen atoms in total. The minimum atomic E-state index is -0.301. The van der Waals surface area contributed by atoms with Gasteiger partial charge in [-0.3, -0.25) is 4.79 Å². The molecule has 0 saturated heterocycles. The first-order valence-corrected chi connectivity index (χ1v) is 10.1. The summed E-state index contributed by atoms with van der Waals surface area (Å²) in [6.45, 7) is 3.94. The largest absolute Gasteiger partial charge is 0.321 e. The first kappa shape index (κ1) is 19.0. The fourth-order valence-corrected chi connectivity index (χ4v) is 4.12. The van der Waals surface area contributed by atoms with E-state index in [-0.39, 0.29) is 11.7 Å². The Kier molecular flexibility index (Phi) is 5.23. The minimum absolute atomic E-state index is 0.172. The number of anilines is 1. The van der Waals surface area contributed by atoms with Gasteiger partial charge in [-0.05, 0) is 44.2 Å². The summed E-state index contributed by atoms with van der Waals surface area (Å²) in [5, 5.41) is 5.48. The Balaban J connectivity index is 1.66. The van der Waals surface area contributed by atoms with E-state index < -0.39 is 0 Å². The summed E-state index contributed by atoms with van der Waals surface area (Å²) in [5.41, 5.74) is 5.33. The van der Waals surface area contributed by atoms with Crippen molar-refractivity contribution in [2.45, 2.75) is 13.8 Å². The van der Waals surface area contributed by atoms with Crippen molar-refractivity contribution in [2.75, 3.05) is 5.32 Å². The van der Waals surface area contributed by atoms with E-state index >= 15 is 0 Å². The van der Waals surface area contributed by atoms with Crippen LogP contribution in [-0.4, -0.2) is 10.9 Å². The molecule has 0 bridgehead atoms. The summed E-state index contributed by atoms with van der Waals surface area (Å²) in [4.78, 5) is 17.4. The Morgan fingerprint density at radius 2 is 1.59 bits per heavy atom. The molecule has 0 aliphatic carbocycles. The second-order valence-corrected chi connectivity index (χ2v) is 7.75. The fourth-order valence-electron chi connectivity index (χ4n) is 3.27. The number of aryl methyl sites for hydroxylation is 2. The molecule has 1 N–H and O–H groups in total. The molecule has 0 radical (unpaired) electrons. The molecule has 0 aliphatic rings. The van der Waals surface area contributed by atoms with Gasteiger partial charge < -0.3 is 5.32 Å². The van der Waals surface area contributed by atoms with E-state index in [0.717, 1.165) is 16.7 Å². The zero-order chi connectivity index (χ0) is 20.4. The smallest absolute Gasteiger partial charge is 0.255 e. The van der Waals surface area contributed by atoms with Crippen molar-refractivity contribution in [1.29, 1.82) is 0 Å². The van der Waals surface area contributed by atoms with Gasteiger partial charge in [0.25, 0.3) is 5.91 Å². The number of amides is 1. The molecule has 0 aliphatic heterocycles. The van der Waals surface area contributed by atoms with Crippen molar-refractivity contribution in [3.8, 4) is 21.8 Å². The van der Waals surface area contributed by atoms with Crippen LogP contribution in [0.25, 0.3) is 21.8 Å². The van der Waals surface area contributed by atoms with Crippen LogP contribution in [0.1, 0.15) is 21.5 Å². The van der Waals surface area contributed by atoms with Crippen LogP contribution in [0.4, 0.5) is 10.1 Å². The Labute approximate surface area is 172 Å². The van der Waals surface area contributed by atoms with Crippen LogP contribution < -0.4 is 5.32 Å². The standard InChI is InChI=1S/C24H19FN2OS/c1-15-11-16(2)13-17(12-15)23(28)26-21-10-6-4-8-19(21)22-14-29-24(27-22)18-7-3-5-9-20(18)25/h3-14H,1-2H3,(H,26,28). The second-order valence-electron chi connectivity index (χ2n) is 6.89. The predicted molar refractivity (Wildman–Crippen MR) is 117 cm³/mol. The highest BCUT2D eigenvalue weighted by atomic mass is 32.1. The van der Waals surface area contributed by atoms with Gasteiger partial charge in [0.2, 0.25) is 0 Å². The summed E-state index contributed by atoms with van der Waals surface area (Å²) in [7, 11) is 0. The average molecular weight is 402 g/mol. The summed E-state index contributed by atoms with van der Waals surface area (Å²) in [5.74, 6) is -0.474. The van der Waals surface area contributed by atoms with E-state index in [1.807, 2.05) is 61.7 Å². The van der Waals surface area contributed by atoms with Crippen LogP contribution in [0.3, 0.4) is 0 Å². The van der Waals surface area contributed by atoms with Crippen LogP contribution in [0.15, 0.2) is 72.1 Å². The number of halogens is 1. The van der Waals surface area contributed by atoms with Crippen LogP contribution in [0.5, 0.6) is 0 Å². The molecule has 29 heavy (non-hydrogen) atoms. The highest BCUT2D eigenvalue weighted by Gasteiger charge is 2.15. The molecule has 0 unspecified atom stereocenters. The molecule has 5 heteroatoms. The topological polar surface area (TPSA) is 42.0 Å². The Hall–Kier alpha value is -3.31. The summed E-state index contributed by atoms with van der Waals surface area (Å²) < 4.78 is 14.1. The Morgan fingerprint density at radius 1 is 0.931 bits per heavy atom. The van der Waals surface area contributed by atoms with Crippen molar-refractivity contribution < 1.29 is 9.18 Å². The van der Waals surface area contributed by atoms with Crippen LogP contribution in [-0.2, 0) is 0 Å². The minimum Gasteiger partial charge on any atom is -0.321 e. The Morgan fingerprint density at radius 3 is 2.31 bits per heavy atom. The van der Waals surface area contributed by atoms with Gasteiger partial charge in [0.1, 0.15) is 10.8 Å². The number of benzene rings is 3. The summed E-state index contributed by atoms with van der Waals surface area (Å²) >= 11 is 1.38. The highest BCUT2D eigenvalue weighted by Crippen LogP contribution is 2.33. The molecule has 144 valence electrons. The van der Waals surface area contributed by atoms with Gasteiger partial charge in [-0.25, -0.2) is 9.37 Å². The molecule has 1 heterocycles. The van der Waals surface area contributed by atoms with Gasteiger partial charge in [-0.2, -0.15) is 0 Å². The van der Waals surface area contributed by atoms with Gasteiger partial charge in [0.05, 0.1) is 11.4 Å². The maximum atomic E-state index is 14.1. The number of rotatable bonds is 4. The van der Waals surface area contributed by atoms with E-state index in [1.54, 1.807) is 18.2 Å². The van der Waals surface area contributed by atoms with Gasteiger partial charge in [-0.15, -0.1) is 11.3 Å². The quantitative estimate of drug-likeness (QED) is 0.424. The van der Waals surface area contributed by atoms with Gasteiger partial charge >= 0.3 is 0 Å². The number of hydrogen-bond donors (Lipinski definition) is 1. The molecule has 4 rings (SSSR count). The van der Waals surface area contributed by atoms with E-state index in [4.69, 9.17) is 0 Å². The van der Waals surface area contributed by atoms with E-state index in [0.29, 0.717) is 27.5 Å². The van der Waals surface area contributed by atoms with Crippen molar-refractivity contribution in [1.82, 2.24) is 4.98 Å². The number of aromatic nitrogens is 1. The summed E-state index contributed by atoms with van der Waals surface area (Å²) in [6, 6.07) is 19.9. The van der Waals surface area contributed by atoms with Crippen molar-refractivity contribution in [2.24, 2.45) is 0 Å². The number of hydrogen-bond acceptors (Lipinski definition) is 3. The predicted octanol–water partition coefficient (Wildman–Crippen LogP) is 6.49. The maximum Gasteiger partial charge on any atom is 0.255 e. The van der Waals surface area contributed by atoms with Crippen LogP contribution >= 0.6 is 11.3 Å². The number of thiazole rings is 1. The third kappa shape index (κ3) is 4.10. The normalized spacial score (nSPS) is 10.7. The maximum absolute atomic E-state index is 14.1. The van der Waals surface area contributed by atoms with Crippen LogP contribution in [0, 0.1) is 19.7 Å². The number of nitrogens with zero attached hydrogens (tertiary/aromatic N) is 1. The summed E-state index contributed by atoms with van der Waals surface area (Å²) in [6.07, 6.45) is 0. The lowest BCUT2D eigenvalue weighted by molar-refractivity contribution is 0.102. The molecule has 1 aromatic heterocycles. The Bertz CT molecular complexity index is 1180. The highest BCUT2D eigenvalue weighted by molar-refractivity contribution is 7.13. The molecule has 0 fully saturated rings. The lowest BCUT2D eigenvalue weighted by Crippen LogP contribution is -2.13. The number of para-hydroxylation sites is 1. The van der Waals surface area contributed by atoms with Gasteiger partial charge in [-0.1, -0.05) is 47.5 Å². The first-order valence-electron chi connectivity index (χ1n) is 9.21. The molecule has 3 aromatic carbocycles. The molecule has 0 atom stereocenters. The third-order valence-electron chi connectivity index (χ3n) is 4.54. The number of carbonyl (C=O) groups is 1. The molecule has 1 amide bonds. The third-order valence-corrected chi connectivity index (χ3v) is 5.42. The van der Waals surface area contributed by atoms with Crippen LogP contribution in [0.2, 0.25) is 0 Å². The van der Waals surface area contributed by atoms with E-state index in [2.05, 4.69) is 10.3 Å². The second kappa shape index (κ2) is 7.97. The lowest BCUT2D eigenvalue weighted by atomic mass is 10.1. The van der Waals surface area contributed by atoms with E-state index in [9.17, 15) is 9.18 Å². The van der Waals surface area contributed by atoms with Crippen molar-refractivity contribution in [3.05, 3.63) is 94.6 Å². The molecule has 0 spiro atoms. The average Bonchev–Trinajstić information content (AvgIpc) is 3.17.